The third kappa shape index (κ3) is 3.97. The first-order valence-electron chi connectivity index (χ1n) is 12.4. The van der Waals surface area contributed by atoms with Crippen LogP contribution in [0.3, 0.4) is 0 Å². The minimum atomic E-state index is -0.290. The summed E-state index contributed by atoms with van der Waals surface area (Å²) in [6.45, 7) is 3.09. The van der Waals surface area contributed by atoms with Crippen LogP contribution >= 0.6 is 0 Å². The van der Waals surface area contributed by atoms with Crippen molar-refractivity contribution in [3.63, 3.8) is 0 Å². The highest BCUT2D eigenvalue weighted by atomic mass is 19.1. The molecule has 180 valence electrons. The lowest BCUT2D eigenvalue weighted by Gasteiger charge is -2.32. The van der Waals surface area contributed by atoms with Gasteiger partial charge in [-0.15, -0.1) is 0 Å². The fraction of sp³-hybridized carbons (Fsp3) is 0.393. The molecule has 0 atom stereocenters. The molecule has 1 saturated carbocycles. The molecule has 1 saturated heterocycles. The van der Waals surface area contributed by atoms with Crippen molar-refractivity contribution in [3.8, 4) is 11.1 Å². The minimum absolute atomic E-state index is 0.0798. The number of piperidine rings is 1. The molecular formula is C28H29FN4O2. The molecule has 6 rings (SSSR count). The molecule has 2 aliphatic heterocycles. The number of likely N-dealkylation sites (tertiary alicyclic amines) is 1. The fourth-order valence-electron chi connectivity index (χ4n) is 5.58. The van der Waals surface area contributed by atoms with E-state index < -0.39 is 0 Å². The number of aromatic nitrogens is 2. The molecule has 1 amide bonds. The Kier molecular flexibility index (Phi) is 5.52. The van der Waals surface area contributed by atoms with Gasteiger partial charge in [0.2, 0.25) is 5.95 Å². The number of anilines is 2. The number of carbonyl (C=O) groups is 1. The van der Waals surface area contributed by atoms with Crippen molar-refractivity contribution >= 4 is 17.5 Å². The van der Waals surface area contributed by atoms with Crippen LogP contribution in [0.25, 0.3) is 11.1 Å². The fourth-order valence-corrected chi connectivity index (χ4v) is 5.58. The maximum absolute atomic E-state index is 14.2. The first-order chi connectivity index (χ1) is 17.1. The molecule has 0 radical (unpaired) electrons. The number of nitrogens with zero attached hydrogens (tertiary/aromatic N) is 4. The van der Waals surface area contributed by atoms with Gasteiger partial charge in [0.25, 0.3) is 5.91 Å². The summed E-state index contributed by atoms with van der Waals surface area (Å²) in [5, 5.41) is 0. The van der Waals surface area contributed by atoms with Gasteiger partial charge in [0, 0.05) is 73.5 Å². The number of hydrogen-bond acceptors (Lipinski definition) is 5. The number of methoxy groups -OCH3 is 1. The van der Waals surface area contributed by atoms with E-state index in [1.165, 1.54) is 11.6 Å². The second-order valence-corrected chi connectivity index (χ2v) is 10.0. The molecule has 0 unspecified atom stereocenters. The normalized spacial score (nSPS) is 18.7. The van der Waals surface area contributed by atoms with Gasteiger partial charge in [-0.25, -0.2) is 14.4 Å². The number of fused-ring (bicyclic) bond motifs is 2. The van der Waals surface area contributed by atoms with Gasteiger partial charge in [-0.2, -0.15) is 0 Å². The van der Waals surface area contributed by atoms with E-state index in [1.807, 2.05) is 17.0 Å². The van der Waals surface area contributed by atoms with Crippen LogP contribution in [0.2, 0.25) is 0 Å². The van der Waals surface area contributed by atoms with Crippen molar-refractivity contribution in [2.45, 2.75) is 31.1 Å². The summed E-state index contributed by atoms with van der Waals surface area (Å²) in [5.74, 6) is 0.900. The minimum Gasteiger partial charge on any atom is -0.384 e. The summed E-state index contributed by atoms with van der Waals surface area (Å²) in [7, 11) is 1.73. The van der Waals surface area contributed by atoms with Gasteiger partial charge >= 0.3 is 0 Å². The molecule has 2 fully saturated rings. The third-order valence-electron chi connectivity index (χ3n) is 7.79. The Morgan fingerprint density at radius 1 is 1.11 bits per heavy atom. The lowest BCUT2D eigenvalue weighted by atomic mass is 9.95. The number of benzene rings is 2. The van der Waals surface area contributed by atoms with E-state index in [1.54, 1.807) is 37.7 Å². The van der Waals surface area contributed by atoms with Crippen LogP contribution in [-0.2, 0) is 10.2 Å². The molecule has 7 heteroatoms. The zero-order valence-electron chi connectivity index (χ0n) is 19.9. The lowest BCUT2D eigenvalue weighted by molar-refractivity contribution is 0.0613. The number of halogens is 1. The molecule has 6 nitrogen and oxygen atoms in total. The molecule has 0 N–H and O–H groups in total. The summed E-state index contributed by atoms with van der Waals surface area (Å²) in [5.41, 5.74) is 4.26. The second-order valence-electron chi connectivity index (χ2n) is 10.0. The van der Waals surface area contributed by atoms with Gasteiger partial charge in [-0.05, 0) is 55.4 Å². The molecule has 3 aromatic rings. The van der Waals surface area contributed by atoms with Crippen molar-refractivity contribution in [2.75, 3.05) is 38.3 Å². The molecule has 3 aliphatic rings. The van der Waals surface area contributed by atoms with Crippen LogP contribution in [0.1, 0.15) is 41.6 Å². The Morgan fingerprint density at radius 2 is 1.86 bits per heavy atom. The van der Waals surface area contributed by atoms with Crippen LogP contribution in [0, 0.1) is 11.7 Å². The summed E-state index contributed by atoms with van der Waals surface area (Å²) in [6.07, 6.45) is 7.56. The van der Waals surface area contributed by atoms with Gasteiger partial charge in [0.1, 0.15) is 5.82 Å². The van der Waals surface area contributed by atoms with Gasteiger partial charge in [0.15, 0.2) is 0 Å². The molecule has 3 heterocycles. The van der Waals surface area contributed by atoms with E-state index >= 15 is 0 Å². The standard InChI is InChI=1S/C28H29FN4O2/c1-35-17-19-8-12-32(13-9-19)26(34)20-6-7-23-25(14-20)33(18-28(23)10-11-28)27-30-15-21(16-31-27)22-4-2-3-5-24(22)29/h2-7,14-16,19H,8-13,17-18H2,1H3. The zero-order valence-corrected chi connectivity index (χ0v) is 19.9. The van der Waals surface area contributed by atoms with E-state index in [4.69, 9.17) is 4.74 Å². The van der Waals surface area contributed by atoms with Crippen LogP contribution in [-0.4, -0.2) is 54.1 Å². The largest absolute Gasteiger partial charge is 0.384 e. The van der Waals surface area contributed by atoms with E-state index in [0.717, 1.165) is 57.6 Å². The number of hydrogen-bond donors (Lipinski definition) is 0. The predicted octanol–water partition coefficient (Wildman–Crippen LogP) is 4.96. The Hall–Kier alpha value is -3.32. The summed E-state index contributed by atoms with van der Waals surface area (Å²) < 4.78 is 19.5. The summed E-state index contributed by atoms with van der Waals surface area (Å²) >= 11 is 0. The van der Waals surface area contributed by atoms with Gasteiger partial charge in [0.05, 0.1) is 0 Å². The molecule has 2 aromatic carbocycles. The van der Waals surface area contributed by atoms with E-state index in [9.17, 15) is 9.18 Å². The SMILES string of the molecule is COCC1CCN(C(=O)c2ccc3c(c2)N(c2ncc(-c4ccccc4F)cn2)CC32CC2)CC1. The third-order valence-corrected chi connectivity index (χ3v) is 7.79. The molecule has 0 bridgehead atoms. The van der Waals surface area contributed by atoms with Crippen LogP contribution in [0.5, 0.6) is 0 Å². The van der Waals surface area contributed by atoms with Gasteiger partial charge < -0.3 is 14.5 Å². The lowest BCUT2D eigenvalue weighted by Crippen LogP contribution is -2.39. The quantitative estimate of drug-likeness (QED) is 0.525. The van der Waals surface area contributed by atoms with Crippen LogP contribution in [0.15, 0.2) is 54.9 Å². The second kappa shape index (κ2) is 8.72. The Bertz CT molecular complexity index is 1250. The Balaban J connectivity index is 1.26. The van der Waals surface area contributed by atoms with Crippen LogP contribution < -0.4 is 4.90 Å². The molecule has 1 spiro atoms. The zero-order chi connectivity index (χ0) is 24.0. The first kappa shape index (κ1) is 22.2. The highest BCUT2D eigenvalue weighted by molar-refractivity contribution is 5.96. The van der Waals surface area contributed by atoms with E-state index in [0.29, 0.717) is 28.6 Å². The first-order valence-corrected chi connectivity index (χ1v) is 12.4. The molecule has 1 aliphatic carbocycles. The molecule has 35 heavy (non-hydrogen) atoms. The maximum atomic E-state index is 14.2. The maximum Gasteiger partial charge on any atom is 0.253 e. The van der Waals surface area contributed by atoms with Crippen molar-refractivity contribution in [3.05, 3.63) is 71.8 Å². The Labute approximate surface area is 204 Å². The van der Waals surface area contributed by atoms with Gasteiger partial charge in [-0.1, -0.05) is 24.3 Å². The van der Waals surface area contributed by atoms with Gasteiger partial charge in [-0.3, -0.25) is 4.79 Å². The van der Waals surface area contributed by atoms with Crippen molar-refractivity contribution in [1.29, 1.82) is 0 Å². The highest BCUT2D eigenvalue weighted by Crippen LogP contribution is 2.57. The topological polar surface area (TPSA) is 58.6 Å². The van der Waals surface area contributed by atoms with Crippen molar-refractivity contribution in [1.82, 2.24) is 14.9 Å². The Morgan fingerprint density at radius 3 is 2.54 bits per heavy atom. The monoisotopic (exact) mass is 472 g/mol. The number of ether oxygens (including phenoxy) is 1. The van der Waals surface area contributed by atoms with E-state index in [-0.39, 0.29) is 17.1 Å². The average molecular weight is 473 g/mol. The van der Waals surface area contributed by atoms with Crippen molar-refractivity contribution in [2.24, 2.45) is 5.92 Å². The number of carbonyl (C=O) groups excluding carboxylic acids is 1. The van der Waals surface area contributed by atoms with E-state index in [2.05, 4.69) is 20.9 Å². The average Bonchev–Trinajstić information content (AvgIpc) is 3.61. The highest BCUT2D eigenvalue weighted by Gasteiger charge is 2.52. The van der Waals surface area contributed by atoms with Crippen molar-refractivity contribution < 1.29 is 13.9 Å². The summed E-state index contributed by atoms with van der Waals surface area (Å²) in [6, 6.07) is 12.8. The molecule has 1 aromatic heterocycles. The predicted molar refractivity (Wildman–Crippen MR) is 132 cm³/mol. The smallest absolute Gasteiger partial charge is 0.253 e. The number of rotatable bonds is 5. The summed E-state index contributed by atoms with van der Waals surface area (Å²) in [4.78, 5) is 26.6. The number of amides is 1. The molecular weight excluding hydrogens is 443 g/mol. The van der Waals surface area contributed by atoms with Crippen LogP contribution in [0.4, 0.5) is 16.0 Å².